The zero-order chi connectivity index (χ0) is 11.2. The van der Waals surface area contributed by atoms with Gasteiger partial charge in [-0.2, -0.15) is 0 Å². The van der Waals surface area contributed by atoms with Crippen molar-refractivity contribution in [3.8, 4) is 0 Å². The Balaban J connectivity index is 2.08. The van der Waals surface area contributed by atoms with Crippen molar-refractivity contribution in [1.82, 2.24) is 0 Å². The van der Waals surface area contributed by atoms with Crippen LogP contribution in [0.3, 0.4) is 0 Å². The summed E-state index contributed by atoms with van der Waals surface area (Å²) in [6, 6.07) is 19.1. The predicted octanol–water partition coefficient (Wildman–Crippen LogP) is 4.57. The van der Waals surface area contributed by atoms with Crippen molar-refractivity contribution < 1.29 is 0 Å². The van der Waals surface area contributed by atoms with E-state index < -0.39 is 0 Å². The summed E-state index contributed by atoms with van der Waals surface area (Å²) in [4.78, 5) is 2.55. The third kappa shape index (κ3) is 3.01. The molecule has 80 valence electrons. The summed E-state index contributed by atoms with van der Waals surface area (Å²) in [5.74, 6) is 0. The van der Waals surface area contributed by atoms with Crippen LogP contribution in [0.15, 0.2) is 77.0 Å². The Bertz CT molecular complexity index is 443. The van der Waals surface area contributed by atoms with E-state index in [9.17, 15) is 0 Å². The molecule has 2 aromatic rings. The van der Waals surface area contributed by atoms with Crippen LogP contribution in [0.2, 0.25) is 0 Å². The molecule has 2 aromatic carbocycles. The predicted molar refractivity (Wildman–Crippen MR) is 70.9 cm³/mol. The van der Waals surface area contributed by atoms with Crippen molar-refractivity contribution in [3.63, 3.8) is 0 Å². The number of hydrogen-bond donors (Lipinski definition) is 0. The van der Waals surface area contributed by atoms with E-state index in [4.69, 9.17) is 0 Å². The molecule has 0 aromatic heterocycles. The molecule has 0 aliphatic rings. The molecule has 0 aliphatic carbocycles. The van der Waals surface area contributed by atoms with Gasteiger partial charge in [-0.15, -0.1) is 6.58 Å². The highest BCUT2D eigenvalue weighted by molar-refractivity contribution is 7.99. The van der Waals surface area contributed by atoms with Gasteiger partial charge in [0.05, 0.1) is 0 Å². The van der Waals surface area contributed by atoms with Crippen molar-refractivity contribution in [1.29, 1.82) is 0 Å². The Morgan fingerprint density at radius 3 is 2.12 bits per heavy atom. The van der Waals surface area contributed by atoms with Crippen molar-refractivity contribution >= 4 is 11.8 Å². The van der Waals surface area contributed by atoms with Crippen molar-refractivity contribution in [3.05, 3.63) is 72.8 Å². The van der Waals surface area contributed by atoms with E-state index in [1.165, 1.54) is 15.4 Å². The highest BCUT2D eigenvalue weighted by Crippen LogP contribution is 2.27. The lowest BCUT2D eigenvalue weighted by molar-refractivity contribution is 1.25. The molecule has 0 unspecified atom stereocenters. The number of benzene rings is 2. The first-order chi connectivity index (χ1) is 7.88. The van der Waals surface area contributed by atoms with Gasteiger partial charge in [0.2, 0.25) is 0 Å². The van der Waals surface area contributed by atoms with E-state index in [2.05, 4.69) is 55.1 Å². The molecule has 0 spiro atoms. The molecule has 0 saturated carbocycles. The van der Waals surface area contributed by atoms with Gasteiger partial charge in [-0.25, -0.2) is 0 Å². The molecule has 0 radical (unpaired) electrons. The van der Waals surface area contributed by atoms with Gasteiger partial charge in [0.25, 0.3) is 0 Å². The molecule has 0 bridgehead atoms. The second kappa shape index (κ2) is 5.57. The van der Waals surface area contributed by atoms with Gasteiger partial charge in [-0.05, 0) is 36.2 Å². The van der Waals surface area contributed by atoms with E-state index in [1.54, 1.807) is 11.8 Å². The van der Waals surface area contributed by atoms with E-state index in [0.717, 1.165) is 6.42 Å². The zero-order valence-electron chi connectivity index (χ0n) is 9.10. The highest BCUT2D eigenvalue weighted by atomic mass is 32.2. The van der Waals surface area contributed by atoms with E-state index in [-0.39, 0.29) is 0 Å². The molecular formula is C15H14S. The second-order valence-electron chi connectivity index (χ2n) is 3.55. The average Bonchev–Trinajstić information content (AvgIpc) is 2.33. The fourth-order valence-corrected chi connectivity index (χ4v) is 2.32. The summed E-state index contributed by atoms with van der Waals surface area (Å²) in [7, 11) is 0. The molecule has 2 rings (SSSR count). The molecule has 0 fully saturated rings. The third-order valence-corrected chi connectivity index (χ3v) is 3.30. The Kier molecular flexibility index (Phi) is 3.84. The van der Waals surface area contributed by atoms with Crippen LogP contribution < -0.4 is 0 Å². The molecule has 0 amide bonds. The Hall–Kier alpha value is -1.47. The summed E-state index contributed by atoms with van der Waals surface area (Å²) >= 11 is 1.79. The lowest BCUT2D eigenvalue weighted by Gasteiger charge is -2.02. The maximum Gasteiger partial charge on any atom is 0.0122 e. The lowest BCUT2D eigenvalue weighted by atomic mass is 10.2. The highest BCUT2D eigenvalue weighted by Gasteiger charge is 1.96. The van der Waals surface area contributed by atoms with Crippen LogP contribution in [0.4, 0.5) is 0 Å². The Morgan fingerprint density at radius 2 is 1.50 bits per heavy atom. The van der Waals surface area contributed by atoms with Crippen LogP contribution in [-0.2, 0) is 6.42 Å². The summed E-state index contributed by atoms with van der Waals surface area (Å²) in [5, 5.41) is 0. The number of hydrogen-bond acceptors (Lipinski definition) is 1. The minimum Gasteiger partial charge on any atom is -0.103 e. The van der Waals surface area contributed by atoms with E-state index >= 15 is 0 Å². The van der Waals surface area contributed by atoms with Crippen molar-refractivity contribution in [2.75, 3.05) is 0 Å². The topological polar surface area (TPSA) is 0 Å². The Morgan fingerprint density at radius 1 is 0.875 bits per heavy atom. The van der Waals surface area contributed by atoms with Crippen LogP contribution in [0.1, 0.15) is 5.56 Å². The van der Waals surface area contributed by atoms with Crippen LogP contribution in [-0.4, -0.2) is 0 Å². The van der Waals surface area contributed by atoms with Gasteiger partial charge in [-0.1, -0.05) is 48.2 Å². The maximum absolute atomic E-state index is 3.74. The first kappa shape index (κ1) is 11.0. The van der Waals surface area contributed by atoms with Gasteiger partial charge in [0.1, 0.15) is 0 Å². The lowest BCUT2D eigenvalue weighted by Crippen LogP contribution is -1.80. The van der Waals surface area contributed by atoms with Crippen LogP contribution in [0, 0.1) is 0 Å². The monoisotopic (exact) mass is 226 g/mol. The smallest absolute Gasteiger partial charge is 0.0122 e. The summed E-state index contributed by atoms with van der Waals surface area (Å²) < 4.78 is 0. The summed E-state index contributed by atoms with van der Waals surface area (Å²) in [5.41, 5.74) is 1.31. The van der Waals surface area contributed by atoms with Gasteiger partial charge in [-0.3, -0.25) is 0 Å². The normalized spacial score (nSPS) is 10.0. The number of rotatable bonds is 4. The quantitative estimate of drug-likeness (QED) is 0.688. The molecule has 0 nitrogen and oxygen atoms in total. The van der Waals surface area contributed by atoms with Gasteiger partial charge in [0.15, 0.2) is 0 Å². The molecule has 0 N–H and O–H groups in total. The molecule has 0 heterocycles. The average molecular weight is 226 g/mol. The van der Waals surface area contributed by atoms with Crippen molar-refractivity contribution in [2.45, 2.75) is 16.2 Å². The number of allylic oxidation sites excluding steroid dienone is 1. The minimum absolute atomic E-state index is 0.941. The largest absolute Gasteiger partial charge is 0.103 e. The van der Waals surface area contributed by atoms with E-state index in [0.29, 0.717) is 0 Å². The van der Waals surface area contributed by atoms with Gasteiger partial charge >= 0.3 is 0 Å². The Labute approximate surface area is 101 Å². The fourth-order valence-electron chi connectivity index (χ4n) is 1.48. The SMILES string of the molecule is C=CCc1ccc(Sc2ccccc2)cc1. The molecule has 0 aliphatic heterocycles. The third-order valence-electron chi connectivity index (χ3n) is 2.28. The van der Waals surface area contributed by atoms with Gasteiger partial charge in [0, 0.05) is 9.79 Å². The van der Waals surface area contributed by atoms with E-state index in [1.807, 2.05) is 12.1 Å². The summed E-state index contributed by atoms with van der Waals surface area (Å²) in [6.45, 7) is 3.74. The molecule has 1 heteroatoms. The summed E-state index contributed by atoms with van der Waals surface area (Å²) in [6.07, 6.45) is 2.87. The fraction of sp³-hybridized carbons (Fsp3) is 0.0667. The second-order valence-corrected chi connectivity index (χ2v) is 4.70. The molecule has 0 atom stereocenters. The van der Waals surface area contributed by atoms with Gasteiger partial charge < -0.3 is 0 Å². The van der Waals surface area contributed by atoms with Crippen molar-refractivity contribution in [2.24, 2.45) is 0 Å². The first-order valence-electron chi connectivity index (χ1n) is 5.31. The van der Waals surface area contributed by atoms with Crippen LogP contribution >= 0.6 is 11.8 Å². The standard InChI is InChI=1S/C15H14S/c1-2-6-13-9-11-15(12-10-13)16-14-7-4-3-5-8-14/h2-5,7-12H,1,6H2. The maximum atomic E-state index is 3.74. The first-order valence-corrected chi connectivity index (χ1v) is 6.13. The molecule has 0 saturated heterocycles. The molecule has 16 heavy (non-hydrogen) atoms. The zero-order valence-corrected chi connectivity index (χ0v) is 9.91. The molecular weight excluding hydrogens is 212 g/mol. The van der Waals surface area contributed by atoms with Crippen LogP contribution in [0.5, 0.6) is 0 Å². The van der Waals surface area contributed by atoms with Crippen LogP contribution in [0.25, 0.3) is 0 Å². The minimum atomic E-state index is 0.941.